The number of nitrogens with zero attached hydrogens (tertiary/aromatic N) is 4. The van der Waals surface area contributed by atoms with E-state index in [9.17, 15) is 4.79 Å². The van der Waals surface area contributed by atoms with Gasteiger partial charge in [-0.3, -0.25) is 4.79 Å². The molecule has 138 valence electrons. The van der Waals surface area contributed by atoms with E-state index in [0.717, 1.165) is 51.3 Å². The number of piperazine rings is 1. The molecule has 25 heavy (non-hydrogen) atoms. The molecule has 1 amide bonds. The maximum absolute atomic E-state index is 12.0. The van der Waals surface area contributed by atoms with Crippen molar-refractivity contribution in [2.45, 2.75) is 51.0 Å². The summed E-state index contributed by atoms with van der Waals surface area (Å²) in [6, 6.07) is 3.88. The highest BCUT2D eigenvalue weighted by molar-refractivity contribution is 6.17. The number of halogens is 1. The van der Waals surface area contributed by atoms with Crippen LogP contribution in [0.4, 0.5) is 5.82 Å². The molecular formula is C18H27ClN4O2. The quantitative estimate of drug-likeness (QED) is 0.724. The van der Waals surface area contributed by atoms with E-state index in [4.69, 9.17) is 16.3 Å². The lowest BCUT2D eigenvalue weighted by Gasteiger charge is -2.35. The highest BCUT2D eigenvalue weighted by Crippen LogP contribution is 2.23. The van der Waals surface area contributed by atoms with Gasteiger partial charge in [-0.1, -0.05) is 6.42 Å². The number of rotatable bonds is 6. The number of carbonyl (C=O) groups excluding carboxylic acids is 1. The predicted molar refractivity (Wildman–Crippen MR) is 98.3 cm³/mol. The van der Waals surface area contributed by atoms with Gasteiger partial charge in [0.05, 0.1) is 0 Å². The molecule has 3 rings (SSSR count). The van der Waals surface area contributed by atoms with Crippen molar-refractivity contribution in [1.82, 2.24) is 15.1 Å². The Morgan fingerprint density at radius 1 is 1.12 bits per heavy atom. The van der Waals surface area contributed by atoms with Crippen molar-refractivity contribution < 1.29 is 9.53 Å². The molecule has 0 atom stereocenters. The number of amides is 1. The van der Waals surface area contributed by atoms with E-state index >= 15 is 0 Å². The Hall–Kier alpha value is -1.56. The van der Waals surface area contributed by atoms with E-state index in [2.05, 4.69) is 15.1 Å². The SMILES string of the molecule is O=C(CCCCl)N1CCN(c2ccc(OC3CCCCC3)nn2)CC1. The van der Waals surface area contributed by atoms with Crippen LogP contribution in [0.5, 0.6) is 5.88 Å². The molecule has 1 aliphatic carbocycles. The van der Waals surface area contributed by atoms with E-state index in [1.807, 2.05) is 17.0 Å². The minimum atomic E-state index is 0.197. The Labute approximate surface area is 154 Å². The van der Waals surface area contributed by atoms with E-state index in [1.54, 1.807) is 0 Å². The lowest BCUT2D eigenvalue weighted by atomic mass is 9.98. The third kappa shape index (κ3) is 5.21. The summed E-state index contributed by atoms with van der Waals surface area (Å²) in [6.07, 6.45) is 7.59. The Bertz CT molecular complexity index is 541. The number of hydrogen-bond acceptors (Lipinski definition) is 5. The van der Waals surface area contributed by atoms with Crippen LogP contribution < -0.4 is 9.64 Å². The van der Waals surface area contributed by atoms with Gasteiger partial charge in [-0.05, 0) is 38.2 Å². The molecule has 0 radical (unpaired) electrons. The molecular weight excluding hydrogens is 340 g/mol. The smallest absolute Gasteiger partial charge is 0.233 e. The van der Waals surface area contributed by atoms with Gasteiger partial charge in [-0.2, -0.15) is 0 Å². The maximum atomic E-state index is 12.0. The van der Waals surface area contributed by atoms with E-state index in [1.165, 1.54) is 19.3 Å². The molecule has 2 fully saturated rings. The lowest BCUT2D eigenvalue weighted by Crippen LogP contribution is -2.49. The summed E-state index contributed by atoms with van der Waals surface area (Å²) in [5.74, 6) is 2.20. The molecule has 2 aliphatic rings. The summed E-state index contributed by atoms with van der Waals surface area (Å²) in [6.45, 7) is 3.01. The summed E-state index contributed by atoms with van der Waals surface area (Å²) in [4.78, 5) is 16.1. The highest BCUT2D eigenvalue weighted by Gasteiger charge is 2.22. The van der Waals surface area contributed by atoms with E-state index in [0.29, 0.717) is 18.2 Å². The minimum Gasteiger partial charge on any atom is -0.473 e. The zero-order valence-electron chi connectivity index (χ0n) is 14.7. The first-order valence-electron chi connectivity index (χ1n) is 9.35. The Morgan fingerprint density at radius 3 is 2.52 bits per heavy atom. The number of alkyl halides is 1. The van der Waals surface area contributed by atoms with Crippen LogP contribution in [0.3, 0.4) is 0 Å². The van der Waals surface area contributed by atoms with Crippen molar-refractivity contribution in [3.05, 3.63) is 12.1 Å². The van der Waals surface area contributed by atoms with Gasteiger partial charge in [0, 0.05) is 44.5 Å². The van der Waals surface area contributed by atoms with Gasteiger partial charge < -0.3 is 14.5 Å². The van der Waals surface area contributed by atoms with Crippen molar-refractivity contribution in [1.29, 1.82) is 0 Å². The fourth-order valence-corrected chi connectivity index (χ4v) is 3.59. The van der Waals surface area contributed by atoms with Crippen molar-refractivity contribution in [3.63, 3.8) is 0 Å². The van der Waals surface area contributed by atoms with Gasteiger partial charge in [0.25, 0.3) is 0 Å². The van der Waals surface area contributed by atoms with Gasteiger partial charge in [-0.15, -0.1) is 21.8 Å². The van der Waals surface area contributed by atoms with Crippen molar-refractivity contribution in [2.75, 3.05) is 37.0 Å². The Balaban J connectivity index is 1.47. The molecule has 2 heterocycles. The molecule has 1 saturated heterocycles. The number of aromatic nitrogens is 2. The van der Waals surface area contributed by atoms with Gasteiger partial charge in [-0.25, -0.2) is 0 Å². The second kappa shape index (κ2) is 9.22. The van der Waals surface area contributed by atoms with Crippen molar-refractivity contribution in [3.8, 4) is 5.88 Å². The molecule has 0 N–H and O–H groups in total. The summed E-state index contributed by atoms with van der Waals surface area (Å²) in [5, 5.41) is 8.55. The largest absolute Gasteiger partial charge is 0.473 e. The standard InChI is InChI=1S/C18H27ClN4O2/c19-10-4-7-18(24)23-13-11-22(12-14-23)16-8-9-17(21-20-16)25-15-5-2-1-3-6-15/h8-9,15H,1-7,10-14H2. The van der Waals surface area contributed by atoms with Crippen LogP contribution in [0.25, 0.3) is 0 Å². The summed E-state index contributed by atoms with van der Waals surface area (Å²) in [5.41, 5.74) is 0. The topological polar surface area (TPSA) is 58.6 Å². The fourth-order valence-electron chi connectivity index (χ4n) is 3.46. The van der Waals surface area contributed by atoms with Crippen LogP contribution in [0, 0.1) is 0 Å². The zero-order valence-corrected chi connectivity index (χ0v) is 15.5. The summed E-state index contributed by atoms with van der Waals surface area (Å²) >= 11 is 5.66. The van der Waals surface area contributed by atoms with Crippen LogP contribution in [0.1, 0.15) is 44.9 Å². The Kier molecular flexibility index (Phi) is 6.73. The van der Waals surface area contributed by atoms with Crippen molar-refractivity contribution >= 4 is 23.3 Å². The molecule has 0 spiro atoms. The maximum Gasteiger partial charge on any atom is 0.233 e. The van der Waals surface area contributed by atoms with E-state index < -0.39 is 0 Å². The van der Waals surface area contributed by atoms with Crippen LogP contribution in [0.2, 0.25) is 0 Å². The second-order valence-electron chi connectivity index (χ2n) is 6.77. The van der Waals surface area contributed by atoms with Crippen LogP contribution in [0.15, 0.2) is 12.1 Å². The highest BCUT2D eigenvalue weighted by atomic mass is 35.5. The normalized spacial score (nSPS) is 19.1. The summed E-state index contributed by atoms with van der Waals surface area (Å²) < 4.78 is 5.93. The molecule has 1 aromatic heterocycles. The lowest BCUT2D eigenvalue weighted by molar-refractivity contribution is -0.131. The average Bonchev–Trinajstić information content (AvgIpc) is 2.68. The monoisotopic (exact) mass is 366 g/mol. The number of ether oxygens (including phenoxy) is 1. The average molecular weight is 367 g/mol. The van der Waals surface area contributed by atoms with Gasteiger partial charge in [0.15, 0.2) is 5.82 Å². The molecule has 1 aliphatic heterocycles. The molecule has 7 heteroatoms. The van der Waals surface area contributed by atoms with Gasteiger partial charge in [0.2, 0.25) is 11.8 Å². The number of anilines is 1. The minimum absolute atomic E-state index is 0.197. The fraction of sp³-hybridized carbons (Fsp3) is 0.722. The second-order valence-corrected chi connectivity index (χ2v) is 7.15. The first kappa shape index (κ1) is 18.2. The molecule has 6 nitrogen and oxygen atoms in total. The summed E-state index contributed by atoms with van der Waals surface area (Å²) in [7, 11) is 0. The predicted octanol–water partition coefficient (Wildman–Crippen LogP) is 2.86. The molecule has 0 unspecified atom stereocenters. The van der Waals surface area contributed by atoms with Crippen LogP contribution in [-0.2, 0) is 4.79 Å². The first-order valence-corrected chi connectivity index (χ1v) is 9.89. The Morgan fingerprint density at radius 2 is 1.88 bits per heavy atom. The van der Waals surface area contributed by atoms with Crippen LogP contribution >= 0.6 is 11.6 Å². The van der Waals surface area contributed by atoms with Crippen LogP contribution in [-0.4, -0.2) is 59.2 Å². The molecule has 1 aromatic rings. The number of hydrogen-bond donors (Lipinski definition) is 0. The van der Waals surface area contributed by atoms with Crippen molar-refractivity contribution in [2.24, 2.45) is 0 Å². The zero-order chi connectivity index (χ0) is 17.5. The molecule has 0 aromatic carbocycles. The third-order valence-electron chi connectivity index (χ3n) is 4.95. The van der Waals surface area contributed by atoms with Gasteiger partial charge in [0.1, 0.15) is 6.10 Å². The van der Waals surface area contributed by atoms with Gasteiger partial charge >= 0.3 is 0 Å². The van der Waals surface area contributed by atoms with E-state index in [-0.39, 0.29) is 12.0 Å². The molecule has 0 bridgehead atoms. The molecule has 1 saturated carbocycles. The third-order valence-corrected chi connectivity index (χ3v) is 5.21. The number of carbonyl (C=O) groups is 1. The first-order chi connectivity index (χ1) is 12.3.